The Bertz CT molecular complexity index is 1770. The summed E-state index contributed by atoms with van der Waals surface area (Å²) in [5.74, 6) is 0.447. The van der Waals surface area contributed by atoms with E-state index in [0.29, 0.717) is 44.0 Å². The number of aromatic nitrogens is 5. The molecule has 0 aliphatic rings. The van der Waals surface area contributed by atoms with Crippen molar-refractivity contribution in [3.05, 3.63) is 103 Å². The molecule has 1 aromatic carbocycles. The lowest BCUT2D eigenvalue weighted by Crippen LogP contribution is -2.28. The lowest BCUT2D eigenvalue weighted by atomic mass is 10.0. The van der Waals surface area contributed by atoms with E-state index in [-0.39, 0.29) is 13.2 Å². The quantitative estimate of drug-likeness (QED) is 0.243. The molecule has 0 atom stereocenters. The molecule has 5 aromatic rings. The summed E-state index contributed by atoms with van der Waals surface area (Å²) in [5, 5.41) is 8.79. The van der Waals surface area contributed by atoms with Gasteiger partial charge < -0.3 is 9.30 Å². The number of alkyl halides is 3. The molecule has 0 fully saturated rings. The first-order valence-corrected chi connectivity index (χ1v) is 12.4. The molecular weight excluding hydrogens is 554 g/mol. The average Bonchev–Trinajstić information content (AvgIpc) is 3.21. The molecule has 0 amide bonds. The molecule has 0 aliphatic heterocycles. The number of pyridine rings is 3. The number of halogens is 5. The Labute approximate surface area is 230 Å². The maximum absolute atomic E-state index is 13.2. The predicted octanol–water partition coefficient (Wildman–Crippen LogP) is 6.75. The number of para-hydroxylation sites is 1. The molecule has 0 spiro atoms. The summed E-state index contributed by atoms with van der Waals surface area (Å²) in [6, 6.07) is 10.8. The zero-order valence-electron chi connectivity index (χ0n) is 20.6. The molecule has 200 valence electrons. The first-order valence-electron chi connectivity index (χ1n) is 11.7. The van der Waals surface area contributed by atoms with Gasteiger partial charge in [-0.05, 0) is 44.2 Å². The number of H-pyrrole nitrogens is 1. The number of fused-ring (bicyclic) bond motifs is 1. The molecule has 39 heavy (non-hydrogen) atoms. The van der Waals surface area contributed by atoms with Crippen LogP contribution in [0.2, 0.25) is 10.0 Å². The highest BCUT2D eigenvalue weighted by Crippen LogP contribution is 2.36. The summed E-state index contributed by atoms with van der Waals surface area (Å²) in [6.07, 6.45) is -2.08. The van der Waals surface area contributed by atoms with Crippen molar-refractivity contribution in [2.24, 2.45) is 0 Å². The molecule has 0 saturated heterocycles. The van der Waals surface area contributed by atoms with Gasteiger partial charge in [-0.3, -0.25) is 14.9 Å². The number of hydrogen-bond acceptors (Lipinski definition) is 5. The maximum atomic E-state index is 13.2. The van der Waals surface area contributed by atoms with E-state index in [1.165, 1.54) is 18.5 Å². The number of nitrogens with zero attached hydrogens (tertiary/aromatic N) is 4. The van der Waals surface area contributed by atoms with E-state index in [2.05, 4.69) is 20.2 Å². The molecule has 0 bridgehead atoms. The van der Waals surface area contributed by atoms with Gasteiger partial charge in [0.05, 0.1) is 28.0 Å². The summed E-state index contributed by atoms with van der Waals surface area (Å²) in [6.45, 7) is 3.38. The van der Waals surface area contributed by atoms with Crippen LogP contribution in [0, 0.1) is 13.8 Å². The van der Waals surface area contributed by atoms with Gasteiger partial charge in [0, 0.05) is 34.6 Å². The van der Waals surface area contributed by atoms with Gasteiger partial charge >= 0.3 is 6.18 Å². The van der Waals surface area contributed by atoms with Crippen LogP contribution in [0.5, 0.6) is 5.75 Å². The maximum Gasteiger partial charge on any atom is 0.421 e. The first kappa shape index (κ1) is 26.7. The molecule has 12 heteroatoms. The highest BCUT2D eigenvalue weighted by atomic mass is 35.5. The summed E-state index contributed by atoms with van der Waals surface area (Å²) in [4.78, 5) is 21.4. The monoisotopic (exact) mass is 573 g/mol. The number of aryl methyl sites for hydroxylation is 2. The predicted molar refractivity (Wildman–Crippen MR) is 142 cm³/mol. The Morgan fingerprint density at radius 1 is 1.10 bits per heavy atom. The van der Waals surface area contributed by atoms with Crippen LogP contribution >= 0.6 is 23.2 Å². The molecule has 0 radical (unpaired) electrons. The Hall–Kier alpha value is -3.89. The number of ether oxygens (including phenoxy) is 1. The minimum Gasteiger partial charge on any atom is -0.486 e. The third-order valence-corrected chi connectivity index (χ3v) is 6.98. The molecule has 4 aromatic heterocycles. The molecule has 4 heterocycles. The molecule has 1 N–H and O–H groups in total. The second-order valence-corrected chi connectivity index (χ2v) is 9.62. The van der Waals surface area contributed by atoms with Crippen LogP contribution in [0.1, 0.15) is 28.2 Å². The van der Waals surface area contributed by atoms with Gasteiger partial charge in [-0.1, -0.05) is 35.3 Å². The van der Waals surface area contributed by atoms with Crippen LogP contribution in [-0.4, -0.2) is 24.7 Å². The van der Waals surface area contributed by atoms with Crippen molar-refractivity contribution in [1.29, 1.82) is 0 Å². The fraction of sp³-hybridized carbons (Fsp3) is 0.185. The second kappa shape index (κ2) is 10.3. The summed E-state index contributed by atoms with van der Waals surface area (Å²) >= 11 is 12.9. The third kappa shape index (κ3) is 5.22. The Morgan fingerprint density at radius 2 is 1.90 bits per heavy atom. The molecule has 0 saturated carbocycles. The number of rotatable bonds is 6. The highest BCUT2D eigenvalue weighted by molar-refractivity contribution is 6.34. The van der Waals surface area contributed by atoms with Crippen LogP contribution in [0.15, 0.2) is 59.7 Å². The van der Waals surface area contributed by atoms with Crippen LogP contribution in [-0.2, 0) is 19.3 Å². The van der Waals surface area contributed by atoms with E-state index >= 15 is 0 Å². The molecule has 5 rings (SSSR count). The van der Waals surface area contributed by atoms with Gasteiger partial charge in [0.1, 0.15) is 29.1 Å². The molecule has 7 nitrogen and oxygen atoms in total. The standard InChI is InChI=1S/C27H20Cl2F3N5O2/c1-14-11-17(25-23(29)15(2)35-36-25)16-5-3-7-22(24(16)34-14)39-13-18-20(28)8-9-33-21(18)12-37-10-4-6-19(26(37)38)27(30,31)32/h3-11H,12-13H2,1-2H3,(H,35,36). The van der Waals surface area contributed by atoms with Crippen LogP contribution in [0.4, 0.5) is 13.2 Å². The van der Waals surface area contributed by atoms with E-state index in [1.807, 2.05) is 26.0 Å². The Kier molecular flexibility index (Phi) is 7.09. The largest absolute Gasteiger partial charge is 0.486 e. The Balaban J connectivity index is 1.50. The van der Waals surface area contributed by atoms with Gasteiger partial charge in [0.2, 0.25) is 0 Å². The molecule has 0 aliphatic carbocycles. The van der Waals surface area contributed by atoms with Gasteiger partial charge in [0.15, 0.2) is 0 Å². The fourth-order valence-electron chi connectivity index (χ4n) is 4.24. The zero-order chi connectivity index (χ0) is 27.9. The fourth-order valence-corrected chi connectivity index (χ4v) is 4.65. The van der Waals surface area contributed by atoms with E-state index in [4.69, 9.17) is 27.9 Å². The average molecular weight is 574 g/mol. The lowest BCUT2D eigenvalue weighted by Gasteiger charge is -2.15. The van der Waals surface area contributed by atoms with Crippen molar-refractivity contribution in [1.82, 2.24) is 24.7 Å². The second-order valence-electron chi connectivity index (χ2n) is 8.83. The third-order valence-electron chi connectivity index (χ3n) is 6.16. The SMILES string of the molecule is Cc1cc(-c2n[nH]c(C)c2Cl)c2cccc(OCc3c(Cl)ccnc3Cn3cccc(C(F)(F)F)c3=O)c2n1. The van der Waals surface area contributed by atoms with Crippen LogP contribution in [0.3, 0.4) is 0 Å². The first-order chi connectivity index (χ1) is 18.5. The number of nitrogens with one attached hydrogen (secondary N) is 1. The van der Waals surface area contributed by atoms with E-state index in [1.54, 1.807) is 18.2 Å². The van der Waals surface area contributed by atoms with Crippen molar-refractivity contribution < 1.29 is 17.9 Å². The van der Waals surface area contributed by atoms with Gasteiger partial charge in [-0.2, -0.15) is 18.3 Å². The topological polar surface area (TPSA) is 85.7 Å². The van der Waals surface area contributed by atoms with E-state index in [0.717, 1.165) is 27.3 Å². The van der Waals surface area contributed by atoms with Crippen LogP contribution in [0.25, 0.3) is 22.2 Å². The highest BCUT2D eigenvalue weighted by Gasteiger charge is 2.34. The minimum absolute atomic E-state index is 0.0674. The number of benzene rings is 1. The van der Waals surface area contributed by atoms with Crippen molar-refractivity contribution >= 4 is 34.1 Å². The van der Waals surface area contributed by atoms with Gasteiger partial charge in [0.25, 0.3) is 5.56 Å². The number of aromatic amines is 1. The summed E-state index contributed by atoms with van der Waals surface area (Å²) in [7, 11) is 0. The Morgan fingerprint density at radius 3 is 2.62 bits per heavy atom. The zero-order valence-corrected chi connectivity index (χ0v) is 22.1. The molecule has 0 unspecified atom stereocenters. The summed E-state index contributed by atoms with van der Waals surface area (Å²) in [5.41, 5.74) is 1.69. The van der Waals surface area contributed by atoms with Crippen molar-refractivity contribution in [2.75, 3.05) is 0 Å². The van der Waals surface area contributed by atoms with Crippen LogP contribution < -0.4 is 10.3 Å². The van der Waals surface area contributed by atoms with Crippen molar-refractivity contribution in [2.45, 2.75) is 33.2 Å². The molecular formula is C27H20Cl2F3N5O2. The van der Waals surface area contributed by atoms with Crippen molar-refractivity contribution in [3.63, 3.8) is 0 Å². The van der Waals surface area contributed by atoms with E-state index < -0.39 is 17.3 Å². The minimum atomic E-state index is -4.77. The van der Waals surface area contributed by atoms with E-state index in [9.17, 15) is 18.0 Å². The normalized spacial score (nSPS) is 11.8. The lowest BCUT2D eigenvalue weighted by molar-refractivity contribution is -0.138. The summed E-state index contributed by atoms with van der Waals surface area (Å²) < 4.78 is 46.8. The van der Waals surface area contributed by atoms with Gasteiger partial charge in [-0.15, -0.1) is 0 Å². The van der Waals surface area contributed by atoms with Crippen molar-refractivity contribution in [3.8, 4) is 17.0 Å². The van der Waals surface area contributed by atoms with Gasteiger partial charge in [-0.25, -0.2) is 4.98 Å². The number of hydrogen-bond donors (Lipinski definition) is 1. The smallest absolute Gasteiger partial charge is 0.421 e.